The molecule has 0 amide bonds. The maximum atomic E-state index is 5.06. The van der Waals surface area contributed by atoms with E-state index in [4.69, 9.17) is 15.0 Å². The average Bonchev–Trinajstić information content (AvgIpc) is 3.64. The molecule has 55 heavy (non-hydrogen) atoms. The minimum atomic E-state index is 0.651. The van der Waals surface area contributed by atoms with E-state index < -0.39 is 0 Å². The lowest BCUT2D eigenvalue weighted by Crippen LogP contribution is -2.00. The van der Waals surface area contributed by atoms with Crippen LogP contribution >= 0.6 is 11.3 Å². The number of hydrogen-bond acceptors (Lipinski definition) is 4. The van der Waals surface area contributed by atoms with Gasteiger partial charge in [-0.25, -0.2) is 15.0 Å². The third-order valence-corrected chi connectivity index (χ3v) is 11.9. The van der Waals surface area contributed by atoms with Gasteiger partial charge in [0.05, 0.1) is 0 Å². The van der Waals surface area contributed by atoms with Gasteiger partial charge in [0.25, 0.3) is 0 Å². The molecule has 0 aliphatic carbocycles. The zero-order valence-corrected chi connectivity index (χ0v) is 30.5. The summed E-state index contributed by atoms with van der Waals surface area (Å²) < 4.78 is 2.50. The van der Waals surface area contributed by atoms with E-state index in [2.05, 4.69) is 158 Å². The van der Waals surface area contributed by atoms with Crippen LogP contribution in [0.5, 0.6) is 0 Å². The topological polar surface area (TPSA) is 38.7 Å². The highest BCUT2D eigenvalue weighted by molar-refractivity contribution is 7.25. The molecule has 0 saturated heterocycles. The fourth-order valence-corrected chi connectivity index (χ4v) is 9.13. The van der Waals surface area contributed by atoms with Crippen molar-refractivity contribution in [2.75, 3.05) is 0 Å². The fraction of sp³-hybridized carbons (Fsp3) is 0. The normalized spacial score (nSPS) is 11.6. The fourth-order valence-electron chi connectivity index (χ4n) is 7.99. The van der Waals surface area contributed by atoms with Gasteiger partial charge in [0.15, 0.2) is 17.5 Å². The second-order valence-corrected chi connectivity index (χ2v) is 15.1. The van der Waals surface area contributed by atoms with Gasteiger partial charge in [-0.1, -0.05) is 170 Å². The molecular formula is C51H31N3S. The third kappa shape index (κ3) is 5.46. The van der Waals surface area contributed by atoms with E-state index in [-0.39, 0.29) is 0 Å². The monoisotopic (exact) mass is 717 g/mol. The van der Waals surface area contributed by atoms with Crippen molar-refractivity contribution < 1.29 is 0 Å². The first-order valence-corrected chi connectivity index (χ1v) is 19.3. The van der Waals surface area contributed by atoms with Crippen LogP contribution in [0.1, 0.15) is 0 Å². The lowest BCUT2D eigenvalue weighted by Gasteiger charge is -2.14. The number of hydrogen-bond donors (Lipinski definition) is 0. The maximum Gasteiger partial charge on any atom is 0.164 e. The van der Waals surface area contributed by atoms with Crippen molar-refractivity contribution in [2.24, 2.45) is 0 Å². The SMILES string of the molecule is c1ccc(-c2nc(-c3ccc(-c4ccc(-c5c6ccccc6cc6c5ccc5ccccc56)cc4)cc3)nc(-c3ccc4c(c3)sc3ccccc34)n2)cc1. The summed E-state index contributed by atoms with van der Waals surface area (Å²) in [5.41, 5.74) is 7.64. The number of rotatable bonds is 5. The first-order chi connectivity index (χ1) is 27.2. The molecule has 0 saturated carbocycles. The Morgan fingerprint density at radius 1 is 0.273 bits per heavy atom. The molecule has 11 rings (SSSR count). The molecule has 0 atom stereocenters. The molecular weight excluding hydrogens is 687 g/mol. The van der Waals surface area contributed by atoms with Crippen molar-refractivity contribution in [3.63, 3.8) is 0 Å². The summed E-state index contributed by atoms with van der Waals surface area (Å²) in [6.07, 6.45) is 0. The predicted octanol–water partition coefficient (Wildman–Crippen LogP) is 14.0. The van der Waals surface area contributed by atoms with E-state index in [1.54, 1.807) is 11.3 Å². The van der Waals surface area contributed by atoms with Crippen molar-refractivity contribution in [2.45, 2.75) is 0 Å². The summed E-state index contributed by atoms with van der Waals surface area (Å²) in [5.74, 6) is 1.97. The molecule has 2 aromatic heterocycles. The molecule has 256 valence electrons. The van der Waals surface area contributed by atoms with Crippen molar-refractivity contribution in [1.29, 1.82) is 0 Å². The molecule has 0 unspecified atom stereocenters. The lowest BCUT2D eigenvalue weighted by molar-refractivity contribution is 1.07. The van der Waals surface area contributed by atoms with Gasteiger partial charge >= 0.3 is 0 Å². The molecule has 9 aromatic carbocycles. The molecule has 0 N–H and O–H groups in total. The second-order valence-electron chi connectivity index (χ2n) is 14.0. The Kier molecular flexibility index (Phi) is 7.35. The lowest BCUT2D eigenvalue weighted by atomic mass is 9.89. The van der Waals surface area contributed by atoms with Crippen molar-refractivity contribution in [3.8, 4) is 56.4 Å². The van der Waals surface area contributed by atoms with Crippen LogP contribution in [-0.2, 0) is 0 Å². The highest BCUT2D eigenvalue weighted by atomic mass is 32.1. The number of fused-ring (bicyclic) bond motifs is 7. The average molecular weight is 718 g/mol. The van der Waals surface area contributed by atoms with Crippen molar-refractivity contribution >= 4 is 63.8 Å². The van der Waals surface area contributed by atoms with Gasteiger partial charge in [0, 0.05) is 36.9 Å². The molecule has 0 aliphatic rings. The van der Waals surface area contributed by atoms with E-state index in [0.717, 1.165) is 27.8 Å². The standard InChI is InChI=1S/C51H31N3S/c1-2-11-36(12-3-1)49-52-50(54-51(53-49)39-27-28-43-42-16-8-9-17-46(42)55-47(43)31-39)37-24-20-33(21-25-37)32-18-22-35(23-19-32)48-41-15-7-5-13-38(41)30-45-40-14-6-4-10-34(40)26-29-44(45)48/h1-31H. The van der Waals surface area contributed by atoms with Crippen molar-refractivity contribution in [3.05, 3.63) is 188 Å². The van der Waals surface area contributed by atoms with Crippen LogP contribution in [0.15, 0.2) is 188 Å². The van der Waals surface area contributed by atoms with Crippen LogP contribution in [0.3, 0.4) is 0 Å². The summed E-state index contributed by atoms with van der Waals surface area (Å²) in [7, 11) is 0. The highest BCUT2D eigenvalue weighted by Crippen LogP contribution is 2.40. The quantitative estimate of drug-likeness (QED) is 0.131. The van der Waals surface area contributed by atoms with Gasteiger partial charge in [0.2, 0.25) is 0 Å². The number of nitrogens with zero attached hydrogens (tertiary/aromatic N) is 3. The van der Waals surface area contributed by atoms with E-state index in [1.807, 2.05) is 30.3 Å². The zero-order chi connectivity index (χ0) is 36.3. The molecule has 0 spiro atoms. The summed E-state index contributed by atoms with van der Waals surface area (Å²) in [5, 5.41) is 10.1. The Bertz CT molecular complexity index is 3240. The van der Waals surface area contributed by atoms with Crippen LogP contribution in [0, 0.1) is 0 Å². The first-order valence-electron chi connectivity index (χ1n) is 18.5. The van der Waals surface area contributed by atoms with E-state index in [0.29, 0.717) is 17.5 Å². The molecule has 4 heteroatoms. The molecule has 3 nitrogen and oxygen atoms in total. The minimum Gasteiger partial charge on any atom is -0.208 e. The highest BCUT2D eigenvalue weighted by Gasteiger charge is 2.16. The van der Waals surface area contributed by atoms with Crippen LogP contribution in [0.4, 0.5) is 0 Å². The van der Waals surface area contributed by atoms with Gasteiger partial charge in [-0.2, -0.15) is 0 Å². The summed E-state index contributed by atoms with van der Waals surface area (Å²) in [6.45, 7) is 0. The van der Waals surface area contributed by atoms with Gasteiger partial charge in [-0.15, -0.1) is 11.3 Å². The van der Waals surface area contributed by atoms with E-state index in [1.165, 1.54) is 63.6 Å². The molecule has 0 bridgehead atoms. The van der Waals surface area contributed by atoms with Crippen LogP contribution in [0.25, 0.3) is 109 Å². The molecule has 0 fully saturated rings. The number of aromatic nitrogens is 3. The van der Waals surface area contributed by atoms with Gasteiger partial charge < -0.3 is 0 Å². The van der Waals surface area contributed by atoms with Crippen LogP contribution in [0.2, 0.25) is 0 Å². The smallest absolute Gasteiger partial charge is 0.164 e. The molecule has 0 radical (unpaired) electrons. The van der Waals surface area contributed by atoms with Crippen LogP contribution < -0.4 is 0 Å². The number of benzene rings is 9. The maximum absolute atomic E-state index is 5.06. The largest absolute Gasteiger partial charge is 0.208 e. The summed E-state index contributed by atoms with van der Waals surface area (Å²) in [4.78, 5) is 15.0. The third-order valence-electron chi connectivity index (χ3n) is 10.7. The van der Waals surface area contributed by atoms with E-state index in [9.17, 15) is 0 Å². The molecule has 11 aromatic rings. The Labute approximate surface area is 321 Å². The second kappa shape index (κ2) is 12.8. The summed E-state index contributed by atoms with van der Waals surface area (Å²) in [6, 6.07) is 67.1. The number of thiophene rings is 1. The Hall–Kier alpha value is -7.01. The predicted molar refractivity (Wildman–Crippen MR) is 232 cm³/mol. The van der Waals surface area contributed by atoms with Crippen LogP contribution in [-0.4, -0.2) is 15.0 Å². The Balaban J connectivity index is 0.966. The molecule has 2 heterocycles. The Morgan fingerprint density at radius 2 is 0.782 bits per heavy atom. The van der Waals surface area contributed by atoms with Gasteiger partial charge in [0.1, 0.15) is 0 Å². The minimum absolute atomic E-state index is 0.651. The van der Waals surface area contributed by atoms with Gasteiger partial charge in [-0.05, 0) is 72.8 Å². The Morgan fingerprint density at radius 3 is 1.53 bits per heavy atom. The first kappa shape index (κ1) is 31.5. The van der Waals surface area contributed by atoms with Gasteiger partial charge in [-0.3, -0.25) is 0 Å². The van der Waals surface area contributed by atoms with E-state index >= 15 is 0 Å². The zero-order valence-electron chi connectivity index (χ0n) is 29.6. The summed E-state index contributed by atoms with van der Waals surface area (Å²) >= 11 is 1.80. The van der Waals surface area contributed by atoms with Crippen molar-refractivity contribution in [1.82, 2.24) is 15.0 Å². The molecule has 0 aliphatic heterocycles.